The molecule has 2 aliphatic rings. The number of aryl methyl sites for hydroxylation is 1. The Morgan fingerprint density at radius 1 is 1.20 bits per heavy atom. The minimum absolute atomic E-state index is 0.0156. The Morgan fingerprint density at radius 2 is 2.00 bits per heavy atom. The molecule has 2 N–H and O–H groups in total. The lowest BCUT2D eigenvalue weighted by atomic mass is 10.1. The number of anilines is 3. The number of rotatable bonds is 6. The first-order valence-electron chi connectivity index (χ1n) is 10.3. The summed E-state index contributed by atoms with van der Waals surface area (Å²) in [6, 6.07) is 13.1. The zero-order valence-corrected chi connectivity index (χ0v) is 16.9. The van der Waals surface area contributed by atoms with E-state index in [2.05, 4.69) is 29.7 Å². The van der Waals surface area contributed by atoms with Crippen LogP contribution >= 0.6 is 0 Å². The summed E-state index contributed by atoms with van der Waals surface area (Å²) in [4.78, 5) is 38.4. The molecule has 30 heavy (non-hydrogen) atoms. The zero-order valence-electron chi connectivity index (χ0n) is 16.9. The van der Waals surface area contributed by atoms with Crippen LogP contribution in [0, 0.1) is 5.92 Å². The summed E-state index contributed by atoms with van der Waals surface area (Å²) in [7, 11) is 0. The average Bonchev–Trinajstić information content (AvgIpc) is 3.14. The molecule has 0 bridgehead atoms. The molecular formula is C23H25N3O4. The molecule has 1 atom stereocenters. The minimum Gasteiger partial charge on any atom is -0.482 e. The fraction of sp³-hybridized carbons (Fsp3) is 0.348. The number of fused-ring (bicyclic) bond motifs is 1. The Labute approximate surface area is 175 Å². The van der Waals surface area contributed by atoms with Gasteiger partial charge in [-0.15, -0.1) is 0 Å². The van der Waals surface area contributed by atoms with Crippen LogP contribution < -0.4 is 20.3 Å². The Balaban J connectivity index is 1.39. The van der Waals surface area contributed by atoms with Gasteiger partial charge in [0.2, 0.25) is 11.8 Å². The molecule has 2 aromatic rings. The Hall–Kier alpha value is -3.35. The monoisotopic (exact) mass is 407 g/mol. The largest absolute Gasteiger partial charge is 0.482 e. The van der Waals surface area contributed by atoms with Gasteiger partial charge in [0.1, 0.15) is 5.75 Å². The number of benzene rings is 2. The number of hydrogen-bond donors (Lipinski definition) is 2. The number of amides is 3. The summed E-state index contributed by atoms with van der Waals surface area (Å²) in [6.45, 7) is 2.50. The Bertz CT molecular complexity index is 971. The van der Waals surface area contributed by atoms with E-state index in [1.54, 1.807) is 23.1 Å². The van der Waals surface area contributed by atoms with Gasteiger partial charge in [-0.2, -0.15) is 0 Å². The van der Waals surface area contributed by atoms with Crippen LogP contribution in [0.1, 0.15) is 31.7 Å². The molecule has 0 radical (unpaired) electrons. The van der Waals surface area contributed by atoms with E-state index in [1.807, 2.05) is 12.1 Å². The molecular weight excluding hydrogens is 382 g/mol. The van der Waals surface area contributed by atoms with Gasteiger partial charge in [-0.1, -0.05) is 25.5 Å². The lowest BCUT2D eigenvalue weighted by Crippen LogP contribution is -2.28. The van der Waals surface area contributed by atoms with Gasteiger partial charge in [0, 0.05) is 24.3 Å². The van der Waals surface area contributed by atoms with Crippen LogP contribution in [0.3, 0.4) is 0 Å². The van der Waals surface area contributed by atoms with Gasteiger partial charge in [0.25, 0.3) is 5.91 Å². The van der Waals surface area contributed by atoms with Crippen molar-refractivity contribution in [3.05, 3.63) is 48.0 Å². The molecule has 0 spiro atoms. The first kappa shape index (κ1) is 19.9. The number of nitrogens with one attached hydrogen (secondary N) is 2. The van der Waals surface area contributed by atoms with E-state index in [1.165, 1.54) is 5.56 Å². The van der Waals surface area contributed by atoms with Crippen molar-refractivity contribution < 1.29 is 19.1 Å². The summed E-state index contributed by atoms with van der Waals surface area (Å²) in [6.07, 6.45) is 3.49. The van der Waals surface area contributed by atoms with Gasteiger partial charge >= 0.3 is 0 Å². The molecule has 2 aromatic carbocycles. The fourth-order valence-corrected chi connectivity index (χ4v) is 3.76. The number of ether oxygens (including phenoxy) is 1. The second-order valence-corrected chi connectivity index (χ2v) is 7.71. The molecule has 4 rings (SSSR count). The van der Waals surface area contributed by atoms with Gasteiger partial charge in [0.15, 0.2) is 6.61 Å². The molecule has 7 heteroatoms. The van der Waals surface area contributed by atoms with Gasteiger partial charge in [-0.3, -0.25) is 14.4 Å². The highest BCUT2D eigenvalue weighted by Crippen LogP contribution is 2.31. The third-order valence-corrected chi connectivity index (χ3v) is 5.44. The average molecular weight is 407 g/mol. The lowest BCUT2D eigenvalue weighted by molar-refractivity contribution is -0.122. The quantitative estimate of drug-likeness (QED) is 0.769. The zero-order chi connectivity index (χ0) is 21.1. The topological polar surface area (TPSA) is 87.7 Å². The summed E-state index contributed by atoms with van der Waals surface area (Å²) >= 11 is 0. The van der Waals surface area contributed by atoms with E-state index in [0.717, 1.165) is 24.9 Å². The molecule has 1 saturated heterocycles. The first-order chi connectivity index (χ1) is 14.5. The Kier molecular flexibility index (Phi) is 5.70. The van der Waals surface area contributed by atoms with E-state index in [0.29, 0.717) is 23.7 Å². The maximum atomic E-state index is 12.7. The lowest BCUT2D eigenvalue weighted by Gasteiger charge is -2.19. The first-order valence-corrected chi connectivity index (χ1v) is 10.3. The predicted molar refractivity (Wildman–Crippen MR) is 115 cm³/mol. The van der Waals surface area contributed by atoms with E-state index >= 15 is 0 Å². The molecule has 2 aliphatic heterocycles. The number of carbonyl (C=O) groups excluding carboxylic acids is 3. The molecule has 3 amide bonds. The molecule has 0 saturated carbocycles. The van der Waals surface area contributed by atoms with Crippen molar-refractivity contribution >= 4 is 34.8 Å². The third kappa shape index (κ3) is 4.30. The van der Waals surface area contributed by atoms with Gasteiger partial charge < -0.3 is 20.3 Å². The maximum Gasteiger partial charge on any atom is 0.262 e. The summed E-state index contributed by atoms with van der Waals surface area (Å²) in [5.74, 6) is -0.365. The van der Waals surface area contributed by atoms with Crippen molar-refractivity contribution in [2.24, 2.45) is 5.92 Å². The second kappa shape index (κ2) is 8.57. The van der Waals surface area contributed by atoms with Crippen LogP contribution in [-0.2, 0) is 20.8 Å². The molecule has 0 aliphatic carbocycles. The van der Waals surface area contributed by atoms with Crippen molar-refractivity contribution in [3.8, 4) is 5.75 Å². The van der Waals surface area contributed by atoms with E-state index < -0.39 is 5.92 Å². The van der Waals surface area contributed by atoms with Gasteiger partial charge in [-0.25, -0.2) is 0 Å². The van der Waals surface area contributed by atoms with Crippen LogP contribution in [0.5, 0.6) is 5.75 Å². The molecule has 0 aromatic heterocycles. The van der Waals surface area contributed by atoms with Crippen LogP contribution in [-0.4, -0.2) is 30.9 Å². The van der Waals surface area contributed by atoms with Crippen molar-refractivity contribution in [2.75, 3.05) is 28.7 Å². The molecule has 156 valence electrons. The minimum atomic E-state index is -0.431. The molecule has 7 nitrogen and oxygen atoms in total. The molecule has 2 heterocycles. The highest BCUT2D eigenvalue weighted by atomic mass is 16.5. The predicted octanol–water partition coefficient (Wildman–Crippen LogP) is 3.35. The normalized spacial score (nSPS) is 17.9. The summed E-state index contributed by atoms with van der Waals surface area (Å²) < 4.78 is 5.33. The molecule has 1 unspecified atom stereocenters. The Morgan fingerprint density at radius 3 is 2.77 bits per heavy atom. The van der Waals surface area contributed by atoms with Gasteiger partial charge in [-0.05, 0) is 48.7 Å². The van der Waals surface area contributed by atoms with E-state index in [4.69, 9.17) is 4.74 Å². The highest BCUT2D eigenvalue weighted by Gasteiger charge is 2.35. The maximum absolute atomic E-state index is 12.7. The van der Waals surface area contributed by atoms with Crippen LogP contribution in [0.4, 0.5) is 17.1 Å². The highest BCUT2D eigenvalue weighted by molar-refractivity contribution is 6.04. The number of unbranched alkanes of at least 4 members (excludes halogenated alkanes) is 1. The molecule has 1 fully saturated rings. The van der Waals surface area contributed by atoms with E-state index in [9.17, 15) is 14.4 Å². The fourth-order valence-electron chi connectivity index (χ4n) is 3.76. The van der Waals surface area contributed by atoms with Crippen molar-refractivity contribution in [3.63, 3.8) is 0 Å². The van der Waals surface area contributed by atoms with E-state index in [-0.39, 0.29) is 30.7 Å². The van der Waals surface area contributed by atoms with Crippen LogP contribution in [0.25, 0.3) is 0 Å². The number of hydrogen-bond acceptors (Lipinski definition) is 4. The summed E-state index contributed by atoms with van der Waals surface area (Å²) in [5, 5.41) is 5.57. The standard InChI is InChI=1S/C23H25N3O4/c1-2-3-4-15-5-8-18(9-6-15)26-13-16(11-22(26)28)23(29)24-17-7-10-20-19(12-17)25-21(27)14-30-20/h5-10,12,16H,2-4,11,13-14H2,1H3,(H,24,29)(H,25,27). The smallest absolute Gasteiger partial charge is 0.262 e. The van der Waals surface area contributed by atoms with Crippen molar-refractivity contribution in [1.29, 1.82) is 0 Å². The van der Waals surface area contributed by atoms with Crippen LogP contribution in [0.15, 0.2) is 42.5 Å². The van der Waals surface area contributed by atoms with Crippen molar-refractivity contribution in [2.45, 2.75) is 32.6 Å². The van der Waals surface area contributed by atoms with Crippen molar-refractivity contribution in [1.82, 2.24) is 0 Å². The number of carbonyl (C=O) groups is 3. The third-order valence-electron chi connectivity index (χ3n) is 5.44. The second-order valence-electron chi connectivity index (χ2n) is 7.71. The SMILES string of the molecule is CCCCc1ccc(N2CC(C(=O)Nc3ccc4c(c3)NC(=O)CO4)CC2=O)cc1. The summed E-state index contributed by atoms with van der Waals surface area (Å²) in [5.41, 5.74) is 3.15. The van der Waals surface area contributed by atoms with Gasteiger partial charge in [0.05, 0.1) is 11.6 Å². The number of nitrogens with zero attached hydrogens (tertiary/aromatic N) is 1. The van der Waals surface area contributed by atoms with Crippen LogP contribution in [0.2, 0.25) is 0 Å².